The predicted octanol–water partition coefficient (Wildman–Crippen LogP) is 3.85. The maximum Gasteiger partial charge on any atom is 0.0756 e. The predicted molar refractivity (Wildman–Crippen MR) is 81.3 cm³/mol. The van der Waals surface area contributed by atoms with Gasteiger partial charge < -0.3 is 10.1 Å². The molecule has 1 N–H and O–H groups in total. The van der Waals surface area contributed by atoms with E-state index in [1.165, 1.54) is 32.1 Å². The molecule has 1 saturated heterocycles. The molecule has 112 valence electrons. The van der Waals surface area contributed by atoms with Crippen LogP contribution < -0.4 is 5.32 Å². The van der Waals surface area contributed by atoms with Crippen molar-refractivity contribution in [2.45, 2.75) is 71.9 Å². The number of nitrogens with one attached hydrogen (secondary N) is 1. The Balaban J connectivity index is 2.00. The molecule has 0 aromatic rings. The van der Waals surface area contributed by atoms with Gasteiger partial charge in [-0.15, -0.1) is 0 Å². The average molecular weight is 267 g/mol. The molecule has 2 rings (SSSR count). The largest absolute Gasteiger partial charge is 0.376 e. The highest BCUT2D eigenvalue weighted by atomic mass is 16.5. The smallest absolute Gasteiger partial charge is 0.0756 e. The molecule has 1 heterocycles. The molecular formula is C17H33NO. The summed E-state index contributed by atoms with van der Waals surface area (Å²) in [6.07, 6.45) is 7.09. The van der Waals surface area contributed by atoms with Crippen LogP contribution in [0.15, 0.2) is 0 Å². The van der Waals surface area contributed by atoms with Crippen LogP contribution in [0.5, 0.6) is 0 Å². The van der Waals surface area contributed by atoms with E-state index in [4.69, 9.17) is 4.74 Å². The van der Waals surface area contributed by atoms with E-state index in [0.29, 0.717) is 12.1 Å². The summed E-state index contributed by atoms with van der Waals surface area (Å²) < 4.78 is 6.08. The fraction of sp³-hybridized carbons (Fsp3) is 1.00. The van der Waals surface area contributed by atoms with E-state index in [1.54, 1.807) is 0 Å². The van der Waals surface area contributed by atoms with Crippen molar-refractivity contribution >= 4 is 0 Å². The summed E-state index contributed by atoms with van der Waals surface area (Å²) in [7, 11) is 0. The van der Waals surface area contributed by atoms with E-state index >= 15 is 0 Å². The highest BCUT2D eigenvalue weighted by Crippen LogP contribution is 2.38. The Morgan fingerprint density at radius 1 is 1.05 bits per heavy atom. The molecular weight excluding hydrogens is 234 g/mol. The Morgan fingerprint density at radius 3 is 2.42 bits per heavy atom. The SMILES string of the molecule is CCCNC(C1CCC(C)C(C)C1)C1OCCC1C. The van der Waals surface area contributed by atoms with E-state index in [0.717, 1.165) is 36.8 Å². The third kappa shape index (κ3) is 3.72. The maximum atomic E-state index is 6.08. The van der Waals surface area contributed by atoms with Crippen molar-refractivity contribution in [3.63, 3.8) is 0 Å². The quantitative estimate of drug-likeness (QED) is 0.817. The van der Waals surface area contributed by atoms with Crippen molar-refractivity contribution in [2.75, 3.05) is 13.2 Å². The topological polar surface area (TPSA) is 21.3 Å². The summed E-state index contributed by atoms with van der Waals surface area (Å²) in [5.41, 5.74) is 0. The lowest BCUT2D eigenvalue weighted by Crippen LogP contribution is -2.49. The molecule has 1 aliphatic carbocycles. The van der Waals surface area contributed by atoms with Crippen LogP contribution in [0.2, 0.25) is 0 Å². The minimum absolute atomic E-state index is 0.456. The molecule has 0 bridgehead atoms. The molecule has 2 aliphatic rings. The highest BCUT2D eigenvalue weighted by molar-refractivity contribution is 4.92. The summed E-state index contributed by atoms with van der Waals surface area (Å²) in [4.78, 5) is 0. The molecule has 0 aromatic heterocycles. The monoisotopic (exact) mass is 267 g/mol. The van der Waals surface area contributed by atoms with Gasteiger partial charge in [-0.3, -0.25) is 0 Å². The number of hydrogen-bond acceptors (Lipinski definition) is 2. The van der Waals surface area contributed by atoms with Crippen LogP contribution in [-0.2, 0) is 4.74 Å². The molecule has 2 heteroatoms. The first-order valence-electron chi connectivity index (χ1n) is 8.48. The minimum Gasteiger partial charge on any atom is -0.376 e. The van der Waals surface area contributed by atoms with Gasteiger partial charge >= 0.3 is 0 Å². The highest BCUT2D eigenvalue weighted by Gasteiger charge is 2.38. The molecule has 2 nitrogen and oxygen atoms in total. The van der Waals surface area contributed by atoms with E-state index < -0.39 is 0 Å². The van der Waals surface area contributed by atoms with E-state index in [2.05, 4.69) is 33.0 Å². The van der Waals surface area contributed by atoms with Crippen molar-refractivity contribution < 1.29 is 4.74 Å². The summed E-state index contributed by atoms with van der Waals surface area (Å²) in [6, 6.07) is 0.590. The van der Waals surface area contributed by atoms with Gasteiger partial charge in [0, 0.05) is 12.6 Å². The Kier molecular flexibility index (Phi) is 5.70. The van der Waals surface area contributed by atoms with Crippen LogP contribution in [0.1, 0.15) is 59.8 Å². The lowest BCUT2D eigenvalue weighted by molar-refractivity contribution is 0.0235. The Hall–Kier alpha value is -0.0800. The van der Waals surface area contributed by atoms with Gasteiger partial charge in [0.2, 0.25) is 0 Å². The molecule has 2 fully saturated rings. The van der Waals surface area contributed by atoms with Gasteiger partial charge in [-0.2, -0.15) is 0 Å². The van der Waals surface area contributed by atoms with Crippen molar-refractivity contribution in [2.24, 2.45) is 23.7 Å². The van der Waals surface area contributed by atoms with E-state index in [-0.39, 0.29) is 0 Å². The van der Waals surface area contributed by atoms with E-state index in [9.17, 15) is 0 Å². The van der Waals surface area contributed by atoms with E-state index in [1.807, 2.05) is 0 Å². The fourth-order valence-corrected chi connectivity index (χ4v) is 3.95. The summed E-state index contributed by atoms with van der Waals surface area (Å²) >= 11 is 0. The molecule has 0 aromatic carbocycles. The van der Waals surface area contributed by atoms with Gasteiger partial charge in [0.15, 0.2) is 0 Å². The third-order valence-electron chi connectivity index (χ3n) is 5.57. The van der Waals surface area contributed by atoms with Crippen LogP contribution in [0.25, 0.3) is 0 Å². The van der Waals surface area contributed by atoms with Crippen LogP contribution in [0, 0.1) is 23.7 Å². The first-order valence-corrected chi connectivity index (χ1v) is 8.48. The number of rotatable bonds is 5. The minimum atomic E-state index is 0.456. The molecule has 19 heavy (non-hydrogen) atoms. The van der Waals surface area contributed by atoms with Crippen molar-refractivity contribution in [3.05, 3.63) is 0 Å². The van der Waals surface area contributed by atoms with Gasteiger partial charge in [0.05, 0.1) is 6.10 Å². The second-order valence-corrected chi connectivity index (χ2v) is 7.11. The zero-order valence-electron chi connectivity index (χ0n) is 13.3. The normalized spacial score (nSPS) is 41.4. The first-order chi connectivity index (χ1) is 9.13. The van der Waals surface area contributed by atoms with Gasteiger partial charge in [-0.25, -0.2) is 0 Å². The number of ether oxygens (including phenoxy) is 1. The Morgan fingerprint density at radius 2 is 1.84 bits per heavy atom. The lowest BCUT2D eigenvalue weighted by atomic mass is 9.71. The van der Waals surface area contributed by atoms with Gasteiger partial charge in [0.1, 0.15) is 0 Å². The van der Waals surface area contributed by atoms with Gasteiger partial charge in [-0.05, 0) is 55.9 Å². The first kappa shape index (κ1) is 15.3. The fourth-order valence-electron chi connectivity index (χ4n) is 3.95. The average Bonchev–Trinajstić information content (AvgIpc) is 2.80. The zero-order chi connectivity index (χ0) is 13.8. The van der Waals surface area contributed by atoms with Gasteiger partial charge in [-0.1, -0.05) is 34.1 Å². The van der Waals surface area contributed by atoms with Crippen molar-refractivity contribution in [1.82, 2.24) is 5.32 Å². The Labute approximate surface area is 119 Å². The summed E-state index contributed by atoms with van der Waals surface area (Å²) in [6.45, 7) is 11.6. The van der Waals surface area contributed by atoms with Crippen LogP contribution in [0.3, 0.4) is 0 Å². The van der Waals surface area contributed by atoms with Gasteiger partial charge in [0.25, 0.3) is 0 Å². The summed E-state index contributed by atoms with van der Waals surface area (Å²) in [5.74, 6) is 3.33. The molecule has 0 radical (unpaired) electrons. The second-order valence-electron chi connectivity index (χ2n) is 7.11. The lowest BCUT2D eigenvalue weighted by Gasteiger charge is -2.40. The molecule has 1 aliphatic heterocycles. The van der Waals surface area contributed by atoms with Crippen LogP contribution in [-0.4, -0.2) is 25.3 Å². The summed E-state index contributed by atoms with van der Waals surface area (Å²) in [5, 5.41) is 3.82. The molecule has 0 amide bonds. The van der Waals surface area contributed by atoms with Crippen LogP contribution in [0.4, 0.5) is 0 Å². The maximum absolute atomic E-state index is 6.08. The number of hydrogen-bond donors (Lipinski definition) is 1. The molecule has 6 atom stereocenters. The standard InChI is InChI=1S/C17H33NO/c1-5-9-18-16(17-13(3)8-10-19-17)15-7-6-12(2)14(4)11-15/h12-18H,5-11H2,1-4H3. The van der Waals surface area contributed by atoms with Crippen LogP contribution >= 0.6 is 0 Å². The molecule has 6 unspecified atom stereocenters. The molecule has 0 spiro atoms. The van der Waals surface area contributed by atoms with Crippen molar-refractivity contribution in [1.29, 1.82) is 0 Å². The zero-order valence-corrected chi connectivity index (χ0v) is 13.3. The molecule has 1 saturated carbocycles. The Bertz CT molecular complexity index is 268. The third-order valence-corrected chi connectivity index (χ3v) is 5.57. The van der Waals surface area contributed by atoms with Crippen molar-refractivity contribution in [3.8, 4) is 0 Å². The second kappa shape index (κ2) is 7.08.